The second kappa shape index (κ2) is 9.26. The van der Waals surface area contributed by atoms with Crippen molar-refractivity contribution < 1.29 is 27.8 Å². The standard InChI is InChI=1S/C22H22ClF2NO4/c1-12(24)17-16(20(27)29-5)11-10-15(13-6-8-14(23)9-7-13)18(25)19(17)26-21(28)30-22(2,3)4/h6-9,11H,1,10H2,2-5H3,(H,26,28). The van der Waals surface area contributed by atoms with Crippen LogP contribution in [0.15, 0.2) is 65.4 Å². The summed E-state index contributed by atoms with van der Waals surface area (Å²) < 4.78 is 39.9. The van der Waals surface area contributed by atoms with E-state index in [1.807, 2.05) is 0 Å². The van der Waals surface area contributed by atoms with E-state index in [1.54, 1.807) is 45.0 Å². The third kappa shape index (κ3) is 5.57. The van der Waals surface area contributed by atoms with Gasteiger partial charge in [0.25, 0.3) is 0 Å². The fourth-order valence-corrected chi connectivity index (χ4v) is 2.91. The minimum Gasteiger partial charge on any atom is -0.465 e. The molecule has 1 aliphatic rings. The minimum atomic E-state index is -1.12. The maximum Gasteiger partial charge on any atom is 0.412 e. The number of nitrogens with one attached hydrogen (secondary N) is 1. The number of ether oxygens (including phenoxy) is 2. The summed E-state index contributed by atoms with van der Waals surface area (Å²) in [5, 5.41) is 2.67. The topological polar surface area (TPSA) is 64.6 Å². The van der Waals surface area contributed by atoms with Gasteiger partial charge in [-0.05, 0) is 44.9 Å². The van der Waals surface area contributed by atoms with Crippen LogP contribution in [0, 0.1) is 0 Å². The lowest BCUT2D eigenvalue weighted by atomic mass is 10.0. The molecule has 30 heavy (non-hydrogen) atoms. The molecule has 160 valence electrons. The molecule has 0 atom stereocenters. The zero-order valence-corrected chi connectivity index (χ0v) is 17.8. The molecule has 8 heteroatoms. The van der Waals surface area contributed by atoms with Crippen LogP contribution in [-0.2, 0) is 14.3 Å². The number of alkyl carbamates (subject to hydrolysis) is 1. The molecule has 5 nitrogen and oxygen atoms in total. The predicted octanol–water partition coefficient (Wildman–Crippen LogP) is 5.79. The first-order chi connectivity index (χ1) is 13.9. The predicted molar refractivity (Wildman–Crippen MR) is 111 cm³/mol. The summed E-state index contributed by atoms with van der Waals surface area (Å²) in [5.74, 6) is -2.96. The van der Waals surface area contributed by atoms with Gasteiger partial charge >= 0.3 is 12.1 Å². The van der Waals surface area contributed by atoms with Crippen LogP contribution in [-0.4, -0.2) is 24.8 Å². The van der Waals surface area contributed by atoms with Gasteiger partial charge in [0.1, 0.15) is 11.4 Å². The number of carbonyl (C=O) groups excluding carboxylic acids is 2. The number of rotatable bonds is 4. The molecule has 0 aliphatic heterocycles. The van der Waals surface area contributed by atoms with Gasteiger partial charge in [0, 0.05) is 10.6 Å². The van der Waals surface area contributed by atoms with E-state index >= 15 is 4.39 Å². The lowest BCUT2D eigenvalue weighted by molar-refractivity contribution is -0.135. The van der Waals surface area contributed by atoms with Crippen molar-refractivity contribution in [3.05, 3.63) is 76.0 Å². The molecule has 2 rings (SSSR count). The molecule has 0 radical (unpaired) electrons. The van der Waals surface area contributed by atoms with Gasteiger partial charge in [-0.1, -0.05) is 36.4 Å². The van der Waals surface area contributed by atoms with Gasteiger partial charge in [-0.15, -0.1) is 0 Å². The first kappa shape index (κ1) is 23.3. The zero-order chi connectivity index (χ0) is 22.6. The van der Waals surface area contributed by atoms with Crippen LogP contribution in [0.25, 0.3) is 5.57 Å². The Kier molecular flexibility index (Phi) is 7.21. The molecule has 0 aromatic heterocycles. The van der Waals surface area contributed by atoms with Gasteiger partial charge in [0.05, 0.1) is 24.0 Å². The second-order valence-electron chi connectivity index (χ2n) is 7.39. The Balaban J connectivity index is 2.71. The summed E-state index contributed by atoms with van der Waals surface area (Å²) in [6, 6.07) is 6.27. The second-order valence-corrected chi connectivity index (χ2v) is 7.83. The van der Waals surface area contributed by atoms with Crippen molar-refractivity contribution in [2.45, 2.75) is 32.8 Å². The smallest absolute Gasteiger partial charge is 0.412 e. The fourth-order valence-electron chi connectivity index (χ4n) is 2.79. The molecule has 1 aromatic rings. The van der Waals surface area contributed by atoms with E-state index < -0.39 is 40.6 Å². The third-order valence-corrected chi connectivity index (χ3v) is 4.26. The molecule has 0 fully saturated rings. The van der Waals surface area contributed by atoms with Crippen LogP contribution in [0.1, 0.15) is 32.8 Å². The number of hydrogen-bond donors (Lipinski definition) is 1. The Morgan fingerprint density at radius 2 is 1.80 bits per heavy atom. The Morgan fingerprint density at radius 3 is 2.30 bits per heavy atom. The van der Waals surface area contributed by atoms with Crippen LogP contribution >= 0.6 is 11.6 Å². The summed E-state index contributed by atoms with van der Waals surface area (Å²) in [5.41, 5.74) is -1.70. The Bertz CT molecular complexity index is 970. The summed E-state index contributed by atoms with van der Waals surface area (Å²) in [7, 11) is 1.11. The van der Waals surface area contributed by atoms with E-state index in [2.05, 4.69) is 11.9 Å². The van der Waals surface area contributed by atoms with Crippen molar-refractivity contribution in [1.29, 1.82) is 0 Å². The van der Waals surface area contributed by atoms with Crippen molar-refractivity contribution in [1.82, 2.24) is 5.32 Å². The van der Waals surface area contributed by atoms with Crippen LogP contribution in [0.2, 0.25) is 5.02 Å². The van der Waals surface area contributed by atoms with Crippen molar-refractivity contribution >= 4 is 29.2 Å². The Hall–Kier alpha value is -2.93. The number of benzene rings is 1. The minimum absolute atomic E-state index is 0.0752. The average Bonchev–Trinajstić information content (AvgIpc) is 2.78. The van der Waals surface area contributed by atoms with Gasteiger partial charge in [0.2, 0.25) is 0 Å². The number of amides is 1. The van der Waals surface area contributed by atoms with Crippen LogP contribution in [0.5, 0.6) is 0 Å². The number of allylic oxidation sites excluding steroid dienone is 4. The molecule has 1 aromatic carbocycles. The van der Waals surface area contributed by atoms with Crippen molar-refractivity contribution in [2.24, 2.45) is 0 Å². The van der Waals surface area contributed by atoms with Crippen molar-refractivity contribution in [2.75, 3.05) is 7.11 Å². The number of halogens is 3. The zero-order valence-electron chi connectivity index (χ0n) is 17.1. The van der Waals surface area contributed by atoms with Gasteiger partial charge < -0.3 is 9.47 Å². The highest BCUT2D eigenvalue weighted by Crippen LogP contribution is 2.37. The van der Waals surface area contributed by atoms with Gasteiger partial charge in [0.15, 0.2) is 5.83 Å². The van der Waals surface area contributed by atoms with E-state index in [4.69, 9.17) is 21.1 Å². The number of hydrogen-bond acceptors (Lipinski definition) is 4. The SMILES string of the molecule is C=C(F)C1=C(NC(=O)OC(C)(C)C)C(F)=C(c2ccc(Cl)cc2)CC=C1C(=O)OC. The van der Waals surface area contributed by atoms with E-state index in [1.165, 1.54) is 6.08 Å². The molecular formula is C22H22ClF2NO4. The van der Waals surface area contributed by atoms with Crippen LogP contribution in [0.4, 0.5) is 13.6 Å². The average molecular weight is 438 g/mol. The molecule has 0 heterocycles. The maximum absolute atomic E-state index is 15.6. The molecule has 0 saturated carbocycles. The van der Waals surface area contributed by atoms with E-state index in [-0.39, 0.29) is 17.6 Å². The highest BCUT2D eigenvalue weighted by Gasteiger charge is 2.31. The van der Waals surface area contributed by atoms with Gasteiger partial charge in [-0.25, -0.2) is 18.4 Å². The lowest BCUT2D eigenvalue weighted by Gasteiger charge is -2.21. The first-order valence-corrected chi connectivity index (χ1v) is 9.35. The van der Waals surface area contributed by atoms with Gasteiger partial charge in [-0.3, -0.25) is 5.32 Å². The highest BCUT2D eigenvalue weighted by atomic mass is 35.5. The van der Waals surface area contributed by atoms with E-state index in [0.29, 0.717) is 10.6 Å². The maximum atomic E-state index is 15.6. The largest absolute Gasteiger partial charge is 0.465 e. The van der Waals surface area contributed by atoms with E-state index in [9.17, 15) is 14.0 Å². The molecule has 0 unspecified atom stereocenters. The molecule has 1 aliphatic carbocycles. The fraction of sp³-hybridized carbons (Fsp3) is 0.273. The summed E-state index contributed by atoms with van der Waals surface area (Å²) in [6.45, 7) is 8.05. The van der Waals surface area contributed by atoms with E-state index in [0.717, 1.165) is 7.11 Å². The summed E-state index contributed by atoms with van der Waals surface area (Å²) in [4.78, 5) is 24.6. The van der Waals surface area contributed by atoms with Crippen molar-refractivity contribution in [3.63, 3.8) is 0 Å². The number of carbonyl (C=O) groups is 2. The van der Waals surface area contributed by atoms with Crippen LogP contribution < -0.4 is 5.32 Å². The number of esters is 1. The first-order valence-electron chi connectivity index (χ1n) is 8.97. The molecular weight excluding hydrogens is 416 g/mol. The van der Waals surface area contributed by atoms with Crippen LogP contribution in [0.3, 0.4) is 0 Å². The normalized spacial score (nSPS) is 14.7. The van der Waals surface area contributed by atoms with Crippen molar-refractivity contribution in [3.8, 4) is 0 Å². The Morgan fingerprint density at radius 1 is 1.20 bits per heavy atom. The highest BCUT2D eigenvalue weighted by molar-refractivity contribution is 6.30. The molecule has 0 bridgehead atoms. The summed E-state index contributed by atoms with van der Waals surface area (Å²) >= 11 is 5.90. The quantitative estimate of drug-likeness (QED) is 0.606. The molecule has 0 saturated heterocycles. The molecule has 0 spiro atoms. The Labute approximate surface area is 178 Å². The number of methoxy groups -OCH3 is 1. The molecule has 1 amide bonds. The monoisotopic (exact) mass is 437 g/mol. The molecule has 1 N–H and O–H groups in total. The van der Waals surface area contributed by atoms with Gasteiger partial charge in [-0.2, -0.15) is 0 Å². The summed E-state index contributed by atoms with van der Waals surface area (Å²) in [6.07, 6.45) is 0.223. The lowest BCUT2D eigenvalue weighted by Crippen LogP contribution is -2.33. The third-order valence-electron chi connectivity index (χ3n) is 4.01.